The Hall–Kier alpha value is -4.40. The highest BCUT2D eigenvalue weighted by molar-refractivity contribution is 5.95. The number of amides is 2. The van der Waals surface area contributed by atoms with Gasteiger partial charge in [-0.3, -0.25) is 9.59 Å². The number of benzene rings is 2. The Labute approximate surface area is 195 Å². The van der Waals surface area contributed by atoms with E-state index in [2.05, 4.69) is 10.4 Å². The van der Waals surface area contributed by atoms with Crippen molar-refractivity contribution in [2.24, 2.45) is 0 Å². The molecule has 0 spiro atoms. The lowest BCUT2D eigenvalue weighted by atomic mass is 10.1. The van der Waals surface area contributed by atoms with Crippen molar-refractivity contribution < 1.29 is 14.3 Å². The zero-order valence-electron chi connectivity index (χ0n) is 18.6. The van der Waals surface area contributed by atoms with E-state index in [4.69, 9.17) is 4.74 Å². The average Bonchev–Trinajstić information content (AvgIpc) is 3.17. The maximum Gasteiger partial charge on any atom is 0.350 e. The fourth-order valence-corrected chi connectivity index (χ4v) is 3.94. The van der Waals surface area contributed by atoms with Gasteiger partial charge in [0.05, 0.1) is 17.8 Å². The van der Waals surface area contributed by atoms with Gasteiger partial charge in [0.15, 0.2) is 5.65 Å². The molecule has 0 aliphatic carbocycles. The highest BCUT2D eigenvalue weighted by Gasteiger charge is 2.25. The van der Waals surface area contributed by atoms with Gasteiger partial charge in [-0.2, -0.15) is 0 Å². The van der Waals surface area contributed by atoms with Gasteiger partial charge < -0.3 is 15.0 Å². The Bertz CT molecular complexity index is 1440. The van der Waals surface area contributed by atoms with Gasteiger partial charge >= 0.3 is 5.69 Å². The van der Waals surface area contributed by atoms with E-state index in [0.717, 1.165) is 15.8 Å². The van der Waals surface area contributed by atoms with Crippen molar-refractivity contribution in [2.45, 2.75) is 20.0 Å². The van der Waals surface area contributed by atoms with Crippen LogP contribution in [0.4, 0.5) is 5.69 Å². The second-order valence-corrected chi connectivity index (χ2v) is 8.12. The van der Waals surface area contributed by atoms with Crippen LogP contribution in [0, 0.1) is 6.92 Å². The first-order valence-corrected chi connectivity index (χ1v) is 10.9. The molecular formula is C25H23N5O4. The zero-order chi connectivity index (χ0) is 23.7. The van der Waals surface area contributed by atoms with Gasteiger partial charge in [0, 0.05) is 12.7 Å². The predicted octanol–water partition coefficient (Wildman–Crippen LogP) is 2.16. The van der Waals surface area contributed by atoms with Crippen molar-refractivity contribution in [3.8, 4) is 5.75 Å². The van der Waals surface area contributed by atoms with Crippen LogP contribution in [0.15, 0.2) is 71.7 Å². The summed E-state index contributed by atoms with van der Waals surface area (Å²) in [6.45, 7) is 2.87. The first-order valence-electron chi connectivity index (χ1n) is 10.9. The van der Waals surface area contributed by atoms with E-state index in [1.807, 2.05) is 55.5 Å². The molecule has 0 bridgehead atoms. The minimum Gasteiger partial charge on any atom is -0.490 e. The lowest BCUT2D eigenvalue weighted by Crippen LogP contribution is -2.41. The Morgan fingerprint density at radius 1 is 1.09 bits per heavy atom. The third-order valence-electron chi connectivity index (χ3n) is 5.70. The summed E-state index contributed by atoms with van der Waals surface area (Å²) in [5.74, 6) is 0.0713. The molecular weight excluding hydrogens is 434 g/mol. The van der Waals surface area contributed by atoms with Crippen LogP contribution in [0.3, 0.4) is 0 Å². The normalized spacial score (nSPS) is 12.8. The molecule has 1 aliphatic heterocycles. The number of hydrogen-bond acceptors (Lipinski definition) is 5. The van der Waals surface area contributed by atoms with Crippen LogP contribution in [0.25, 0.3) is 5.65 Å². The number of aryl methyl sites for hydroxylation is 1. The van der Waals surface area contributed by atoms with E-state index >= 15 is 0 Å². The van der Waals surface area contributed by atoms with Crippen molar-refractivity contribution in [2.75, 3.05) is 18.1 Å². The monoisotopic (exact) mass is 457 g/mol. The maximum atomic E-state index is 13.1. The number of aromatic nitrogens is 3. The number of carbonyl (C=O) groups is 2. The van der Waals surface area contributed by atoms with Crippen molar-refractivity contribution in [3.05, 3.63) is 94.0 Å². The number of nitrogens with one attached hydrogen (secondary N) is 1. The Kier molecular flexibility index (Phi) is 5.59. The molecule has 1 N–H and O–H groups in total. The van der Waals surface area contributed by atoms with Gasteiger partial charge in [-0.15, -0.1) is 5.10 Å². The summed E-state index contributed by atoms with van der Waals surface area (Å²) in [5, 5.41) is 7.11. The molecule has 0 saturated heterocycles. The summed E-state index contributed by atoms with van der Waals surface area (Å²) in [7, 11) is 0. The first-order chi connectivity index (χ1) is 16.5. The lowest BCUT2D eigenvalue weighted by molar-refractivity contribution is -0.119. The molecule has 172 valence electrons. The molecule has 2 amide bonds. The number of hydrogen-bond donors (Lipinski definition) is 1. The molecule has 0 atom stereocenters. The Morgan fingerprint density at radius 2 is 1.91 bits per heavy atom. The van der Waals surface area contributed by atoms with Gasteiger partial charge in [-0.1, -0.05) is 36.4 Å². The van der Waals surface area contributed by atoms with Crippen LogP contribution in [0.2, 0.25) is 0 Å². The van der Waals surface area contributed by atoms with Crippen LogP contribution in [-0.2, 0) is 17.9 Å². The van der Waals surface area contributed by atoms with E-state index in [1.54, 1.807) is 17.0 Å². The summed E-state index contributed by atoms with van der Waals surface area (Å²) >= 11 is 0. The first kappa shape index (κ1) is 21.4. The van der Waals surface area contributed by atoms with E-state index in [0.29, 0.717) is 42.3 Å². The van der Waals surface area contributed by atoms with Gasteiger partial charge in [-0.25, -0.2) is 13.9 Å². The fourth-order valence-electron chi connectivity index (χ4n) is 3.94. The molecule has 4 aromatic rings. The minimum atomic E-state index is -0.487. The number of rotatable bonds is 5. The molecule has 34 heavy (non-hydrogen) atoms. The van der Waals surface area contributed by atoms with Crippen LogP contribution in [0.1, 0.15) is 21.5 Å². The number of nitrogens with zero attached hydrogens (tertiary/aromatic N) is 4. The van der Waals surface area contributed by atoms with E-state index in [-0.39, 0.29) is 18.4 Å². The van der Waals surface area contributed by atoms with Gasteiger partial charge in [0.2, 0.25) is 5.91 Å². The summed E-state index contributed by atoms with van der Waals surface area (Å²) < 4.78 is 8.04. The quantitative estimate of drug-likeness (QED) is 0.495. The van der Waals surface area contributed by atoms with Crippen molar-refractivity contribution in [3.63, 3.8) is 0 Å². The molecule has 9 heteroatoms. The number of fused-ring (bicyclic) bond motifs is 2. The van der Waals surface area contributed by atoms with Crippen LogP contribution >= 0.6 is 0 Å². The highest BCUT2D eigenvalue weighted by Crippen LogP contribution is 2.32. The zero-order valence-corrected chi connectivity index (χ0v) is 18.6. The lowest BCUT2D eigenvalue weighted by Gasteiger charge is -2.29. The SMILES string of the molecule is Cc1ccc2c(c1)N(C(=O)Cn1nc3ccc(C(=O)NCc4ccccc4)cn3c1=O)CCO2. The van der Waals surface area contributed by atoms with Crippen LogP contribution in [-0.4, -0.2) is 39.1 Å². The Balaban J connectivity index is 1.35. The second kappa shape index (κ2) is 8.86. The van der Waals surface area contributed by atoms with Crippen LogP contribution < -0.4 is 20.6 Å². The van der Waals surface area contributed by atoms with E-state index < -0.39 is 5.69 Å². The summed E-state index contributed by atoms with van der Waals surface area (Å²) in [4.78, 5) is 40.2. The predicted molar refractivity (Wildman–Crippen MR) is 126 cm³/mol. The molecule has 9 nitrogen and oxygen atoms in total. The minimum absolute atomic E-state index is 0.219. The van der Waals surface area contributed by atoms with Gasteiger partial charge in [0.25, 0.3) is 5.91 Å². The molecule has 1 aliphatic rings. The summed E-state index contributed by atoms with van der Waals surface area (Å²) in [6, 6.07) is 18.4. The largest absolute Gasteiger partial charge is 0.490 e. The molecule has 2 aromatic heterocycles. The van der Waals surface area contributed by atoms with Gasteiger partial charge in [-0.05, 0) is 42.3 Å². The standard InChI is InChI=1S/C25H23N5O4/c1-17-7-9-21-20(13-17)28(11-12-34-21)23(31)16-30-25(33)29-15-19(8-10-22(29)27-30)24(32)26-14-18-5-3-2-4-6-18/h2-10,13,15H,11-12,14,16H2,1H3,(H,26,32). The summed E-state index contributed by atoms with van der Waals surface area (Å²) in [5.41, 5.74) is 2.86. The summed E-state index contributed by atoms with van der Waals surface area (Å²) in [6.07, 6.45) is 1.44. The number of pyridine rings is 1. The molecule has 5 rings (SSSR count). The smallest absolute Gasteiger partial charge is 0.350 e. The van der Waals surface area contributed by atoms with Crippen molar-refractivity contribution in [1.29, 1.82) is 0 Å². The molecule has 3 heterocycles. The topological polar surface area (TPSA) is 97.9 Å². The molecule has 0 radical (unpaired) electrons. The third kappa shape index (κ3) is 4.15. The molecule has 2 aromatic carbocycles. The number of anilines is 1. The highest BCUT2D eigenvalue weighted by atomic mass is 16.5. The molecule has 0 fully saturated rings. The van der Waals surface area contributed by atoms with E-state index in [9.17, 15) is 14.4 Å². The fraction of sp³-hybridized carbons (Fsp3) is 0.200. The van der Waals surface area contributed by atoms with E-state index in [1.165, 1.54) is 10.6 Å². The molecule has 0 saturated carbocycles. The van der Waals surface area contributed by atoms with Crippen LogP contribution in [0.5, 0.6) is 5.75 Å². The molecule has 0 unspecified atom stereocenters. The number of ether oxygens (including phenoxy) is 1. The van der Waals surface area contributed by atoms with Crippen molar-refractivity contribution in [1.82, 2.24) is 19.5 Å². The average molecular weight is 457 g/mol. The number of carbonyl (C=O) groups excluding carboxylic acids is 2. The third-order valence-corrected chi connectivity index (χ3v) is 5.70. The maximum absolute atomic E-state index is 13.1. The second-order valence-electron chi connectivity index (χ2n) is 8.12. The van der Waals surface area contributed by atoms with Crippen molar-refractivity contribution >= 4 is 23.1 Å². The van der Waals surface area contributed by atoms with Gasteiger partial charge in [0.1, 0.15) is 18.9 Å². The Morgan fingerprint density at radius 3 is 2.74 bits per heavy atom.